The third kappa shape index (κ3) is 3.37. The highest BCUT2D eigenvalue weighted by molar-refractivity contribution is 7.99. The highest BCUT2D eigenvalue weighted by Gasteiger charge is 2.54. The Morgan fingerprint density at radius 2 is 1.92 bits per heavy atom. The predicted molar refractivity (Wildman–Crippen MR) is 93.8 cm³/mol. The van der Waals surface area contributed by atoms with Crippen LogP contribution < -0.4 is 0 Å². The Kier molecular flexibility index (Phi) is 5.16. The third-order valence-corrected chi connectivity index (χ3v) is 6.61. The van der Waals surface area contributed by atoms with Crippen LogP contribution in [-0.2, 0) is 24.7 Å². The average molecular weight is 350 g/mol. The van der Waals surface area contributed by atoms with Crippen LogP contribution in [-0.4, -0.2) is 43.3 Å². The van der Waals surface area contributed by atoms with Gasteiger partial charge in [-0.25, -0.2) is 0 Å². The second kappa shape index (κ2) is 7.34. The zero-order valence-corrected chi connectivity index (χ0v) is 15.0. The lowest BCUT2D eigenvalue weighted by molar-refractivity contribution is -0.194. The number of thioether (sulfide) groups is 1. The second-order valence-electron chi connectivity index (χ2n) is 6.91. The normalized spacial score (nSPS) is 35.0. The smallest absolute Gasteiger partial charge is 0.171 e. The summed E-state index contributed by atoms with van der Waals surface area (Å²) in [5.41, 5.74) is 1.31. The van der Waals surface area contributed by atoms with Crippen LogP contribution in [0.1, 0.15) is 37.7 Å². The average Bonchev–Trinajstić information content (AvgIpc) is 2.98. The summed E-state index contributed by atoms with van der Waals surface area (Å²) in [5, 5.41) is 0.134. The summed E-state index contributed by atoms with van der Waals surface area (Å²) in [6.45, 7) is 0.563. The van der Waals surface area contributed by atoms with Crippen LogP contribution in [0.5, 0.6) is 0 Å². The molecule has 4 nitrogen and oxygen atoms in total. The number of rotatable bonds is 4. The van der Waals surface area contributed by atoms with Gasteiger partial charge in [-0.15, -0.1) is 11.8 Å². The molecule has 0 radical (unpaired) electrons. The van der Waals surface area contributed by atoms with Gasteiger partial charge in [0.05, 0.1) is 11.9 Å². The molecule has 1 spiro atoms. The lowest BCUT2D eigenvalue weighted by Crippen LogP contribution is -2.50. The van der Waals surface area contributed by atoms with E-state index in [1.54, 1.807) is 7.11 Å². The van der Waals surface area contributed by atoms with Crippen molar-refractivity contribution in [2.75, 3.05) is 13.7 Å². The van der Waals surface area contributed by atoms with Crippen LogP contribution in [0.25, 0.3) is 0 Å². The van der Waals surface area contributed by atoms with Crippen molar-refractivity contribution in [1.82, 2.24) is 0 Å². The minimum atomic E-state index is -0.370. The number of methoxy groups -OCH3 is 1. The monoisotopic (exact) mass is 350 g/mol. The summed E-state index contributed by atoms with van der Waals surface area (Å²) < 4.78 is 24.4. The van der Waals surface area contributed by atoms with Crippen molar-refractivity contribution in [2.45, 2.75) is 67.4 Å². The maximum atomic E-state index is 6.52. The Morgan fingerprint density at radius 3 is 2.67 bits per heavy atom. The molecule has 3 fully saturated rings. The van der Waals surface area contributed by atoms with Crippen molar-refractivity contribution in [2.24, 2.45) is 0 Å². The molecule has 1 aromatic carbocycles. The van der Waals surface area contributed by atoms with E-state index in [-0.39, 0.29) is 29.5 Å². The molecular weight excluding hydrogens is 324 g/mol. The highest BCUT2D eigenvalue weighted by atomic mass is 32.2. The number of benzene rings is 1. The van der Waals surface area contributed by atoms with E-state index in [1.165, 1.54) is 24.8 Å². The summed E-state index contributed by atoms with van der Waals surface area (Å²) >= 11 is 1.85. The van der Waals surface area contributed by atoms with Crippen molar-refractivity contribution in [1.29, 1.82) is 0 Å². The topological polar surface area (TPSA) is 36.9 Å². The molecule has 132 valence electrons. The molecule has 0 N–H and O–H groups in total. The minimum Gasteiger partial charge on any atom is -0.355 e. The molecule has 4 rings (SSSR count). The Hall–Kier alpha value is -0.590. The van der Waals surface area contributed by atoms with E-state index < -0.39 is 0 Å². The molecule has 2 saturated heterocycles. The molecule has 0 amide bonds. The molecule has 1 saturated carbocycles. The number of hydrogen-bond donors (Lipinski definition) is 0. The van der Waals surface area contributed by atoms with Crippen LogP contribution in [0, 0.1) is 0 Å². The van der Waals surface area contributed by atoms with Gasteiger partial charge in [0.25, 0.3) is 0 Å². The van der Waals surface area contributed by atoms with Gasteiger partial charge < -0.3 is 18.9 Å². The van der Waals surface area contributed by atoms with Gasteiger partial charge in [0, 0.05) is 25.7 Å². The zero-order chi connectivity index (χ0) is 16.4. The summed E-state index contributed by atoms with van der Waals surface area (Å²) in [6, 6.07) is 10.5. The molecule has 2 heterocycles. The van der Waals surface area contributed by atoms with E-state index >= 15 is 0 Å². The van der Waals surface area contributed by atoms with Crippen molar-refractivity contribution in [3.63, 3.8) is 0 Å². The first kappa shape index (κ1) is 16.9. The van der Waals surface area contributed by atoms with Gasteiger partial charge in [0.1, 0.15) is 12.2 Å². The second-order valence-corrected chi connectivity index (χ2v) is 8.08. The Morgan fingerprint density at radius 1 is 1.12 bits per heavy atom. The van der Waals surface area contributed by atoms with Gasteiger partial charge in [0.15, 0.2) is 12.1 Å². The number of fused-ring (bicyclic) bond motifs is 1. The first-order valence-corrected chi connectivity index (χ1v) is 10.0. The van der Waals surface area contributed by atoms with Gasteiger partial charge in [-0.3, -0.25) is 0 Å². The molecule has 0 aromatic heterocycles. The zero-order valence-electron chi connectivity index (χ0n) is 14.2. The first-order valence-electron chi connectivity index (χ1n) is 8.95. The molecule has 4 atom stereocenters. The molecule has 24 heavy (non-hydrogen) atoms. The Bertz CT molecular complexity index is 531. The molecular formula is C19H26O4S. The Balaban J connectivity index is 1.47. The molecule has 1 aromatic rings. The maximum Gasteiger partial charge on any atom is 0.171 e. The van der Waals surface area contributed by atoms with E-state index in [1.807, 2.05) is 17.8 Å². The molecule has 5 heteroatoms. The number of ether oxygens (including phenoxy) is 4. The van der Waals surface area contributed by atoms with E-state index in [0.29, 0.717) is 6.61 Å². The van der Waals surface area contributed by atoms with Crippen LogP contribution in [0.3, 0.4) is 0 Å². The van der Waals surface area contributed by atoms with E-state index in [0.717, 1.165) is 18.6 Å². The molecule has 1 aliphatic carbocycles. The van der Waals surface area contributed by atoms with Gasteiger partial charge in [-0.2, -0.15) is 0 Å². The fourth-order valence-electron chi connectivity index (χ4n) is 4.01. The van der Waals surface area contributed by atoms with Crippen molar-refractivity contribution < 1.29 is 18.9 Å². The van der Waals surface area contributed by atoms with Crippen LogP contribution in [0.15, 0.2) is 30.3 Å². The van der Waals surface area contributed by atoms with Gasteiger partial charge in [-0.05, 0) is 18.4 Å². The van der Waals surface area contributed by atoms with E-state index in [4.69, 9.17) is 18.9 Å². The van der Waals surface area contributed by atoms with Crippen LogP contribution in [0.4, 0.5) is 0 Å². The maximum absolute atomic E-state index is 6.52. The van der Waals surface area contributed by atoms with Crippen molar-refractivity contribution >= 4 is 11.8 Å². The van der Waals surface area contributed by atoms with Gasteiger partial charge >= 0.3 is 0 Å². The fourth-order valence-corrected chi connectivity index (χ4v) is 5.35. The third-order valence-electron chi connectivity index (χ3n) is 5.23. The Labute approximate surface area is 148 Å². The largest absolute Gasteiger partial charge is 0.355 e. The van der Waals surface area contributed by atoms with Crippen LogP contribution in [0.2, 0.25) is 0 Å². The summed E-state index contributed by atoms with van der Waals surface area (Å²) in [5.74, 6) is 0.555. The SMILES string of the molecule is COC1OCC2OC3(CCCCC3)OC2C1SCc1ccccc1. The molecule has 3 aliphatic rings. The lowest BCUT2D eigenvalue weighted by Gasteiger charge is -2.36. The minimum absolute atomic E-state index is 0.0303. The predicted octanol–water partition coefficient (Wildman–Crippen LogP) is 3.74. The van der Waals surface area contributed by atoms with E-state index in [2.05, 4.69) is 24.3 Å². The molecule has 4 unspecified atom stereocenters. The summed E-state index contributed by atoms with van der Waals surface area (Å²) in [4.78, 5) is 0. The summed E-state index contributed by atoms with van der Waals surface area (Å²) in [6.07, 6.45) is 5.53. The van der Waals surface area contributed by atoms with Crippen LogP contribution >= 0.6 is 11.8 Å². The number of hydrogen-bond acceptors (Lipinski definition) is 5. The van der Waals surface area contributed by atoms with Crippen molar-refractivity contribution in [3.8, 4) is 0 Å². The lowest BCUT2D eigenvalue weighted by atomic mass is 9.94. The van der Waals surface area contributed by atoms with E-state index in [9.17, 15) is 0 Å². The standard InChI is InChI=1S/C19H26O4S/c1-20-18-17(24-13-14-8-4-2-5-9-14)16-15(12-21-18)22-19(23-16)10-6-3-7-11-19/h2,4-5,8-9,15-18H,3,6-7,10-13H2,1H3. The van der Waals surface area contributed by atoms with Crippen molar-refractivity contribution in [3.05, 3.63) is 35.9 Å². The quantitative estimate of drug-likeness (QED) is 0.827. The molecule has 2 aliphatic heterocycles. The molecule has 0 bridgehead atoms. The summed E-state index contributed by atoms with van der Waals surface area (Å²) in [7, 11) is 1.72. The first-order chi connectivity index (χ1) is 11.8. The fraction of sp³-hybridized carbons (Fsp3) is 0.684. The van der Waals surface area contributed by atoms with Gasteiger partial charge in [0.2, 0.25) is 0 Å². The van der Waals surface area contributed by atoms with Gasteiger partial charge in [-0.1, -0.05) is 36.8 Å². The highest BCUT2D eigenvalue weighted by Crippen LogP contribution is 2.46.